The smallest absolute Gasteiger partial charge is 0.299 e. The Morgan fingerprint density at radius 2 is 2.00 bits per heavy atom. The van der Waals surface area contributed by atoms with Crippen LogP contribution in [0.1, 0.15) is 10.4 Å². The lowest BCUT2D eigenvalue weighted by molar-refractivity contribution is 0.0992. The molecule has 0 saturated carbocycles. The number of carbonyl (C=O) groups is 1. The van der Waals surface area contributed by atoms with Crippen molar-refractivity contribution >= 4 is 34.1 Å². The van der Waals surface area contributed by atoms with Gasteiger partial charge in [-0.25, -0.2) is 0 Å². The van der Waals surface area contributed by atoms with Crippen LogP contribution in [0.3, 0.4) is 0 Å². The summed E-state index contributed by atoms with van der Waals surface area (Å²) in [7, 11) is 0. The first-order chi connectivity index (χ1) is 12.0. The van der Waals surface area contributed by atoms with Gasteiger partial charge in [0.2, 0.25) is 5.88 Å². The Labute approximate surface area is 148 Å². The van der Waals surface area contributed by atoms with Gasteiger partial charge in [0.1, 0.15) is 5.75 Å². The molecule has 25 heavy (non-hydrogen) atoms. The molecular formula is C18H12ClN3O3. The van der Waals surface area contributed by atoms with E-state index in [2.05, 4.69) is 16.1 Å². The van der Waals surface area contributed by atoms with Crippen molar-refractivity contribution in [2.45, 2.75) is 6.54 Å². The van der Waals surface area contributed by atoms with Gasteiger partial charge in [-0.2, -0.15) is 0 Å². The van der Waals surface area contributed by atoms with Crippen molar-refractivity contribution in [2.75, 3.05) is 0 Å². The van der Waals surface area contributed by atoms with Crippen LogP contribution in [-0.2, 0) is 6.54 Å². The molecule has 0 spiro atoms. The van der Waals surface area contributed by atoms with Gasteiger partial charge in [0.15, 0.2) is 5.69 Å². The highest BCUT2D eigenvalue weighted by Crippen LogP contribution is 2.38. The first kappa shape index (κ1) is 16.6. The highest BCUT2D eigenvalue weighted by Gasteiger charge is 2.17. The van der Waals surface area contributed by atoms with E-state index in [-0.39, 0.29) is 34.4 Å². The molecular weight excluding hydrogens is 342 g/mol. The number of para-hydroxylation sites is 1. The van der Waals surface area contributed by atoms with Gasteiger partial charge in [0.25, 0.3) is 5.91 Å². The van der Waals surface area contributed by atoms with E-state index in [0.717, 1.165) is 0 Å². The van der Waals surface area contributed by atoms with Gasteiger partial charge >= 0.3 is 0 Å². The molecule has 1 heterocycles. The molecule has 124 valence electrons. The number of azo groups is 1. The van der Waals surface area contributed by atoms with E-state index in [0.29, 0.717) is 10.9 Å². The molecule has 7 heteroatoms. The Morgan fingerprint density at radius 1 is 1.24 bits per heavy atom. The van der Waals surface area contributed by atoms with Crippen molar-refractivity contribution in [1.82, 2.24) is 4.57 Å². The standard InChI is InChI=1S/C18H12ClN3O3/c1-2-9-22-14-6-4-3-5-12(14)16(18(22)25)20-21-17(24)13-10-11(19)7-8-15(13)23/h1,3-8,10,23,25H,9H2. The number of rotatable bonds is 3. The van der Waals surface area contributed by atoms with Crippen molar-refractivity contribution in [2.24, 2.45) is 10.2 Å². The molecule has 0 aliphatic rings. The van der Waals surface area contributed by atoms with Crippen molar-refractivity contribution in [3.63, 3.8) is 0 Å². The first-order valence-electron chi connectivity index (χ1n) is 7.21. The molecule has 3 rings (SSSR count). The van der Waals surface area contributed by atoms with Gasteiger partial charge in [-0.15, -0.1) is 16.7 Å². The van der Waals surface area contributed by atoms with Crippen molar-refractivity contribution in [1.29, 1.82) is 0 Å². The summed E-state index contributed by atoms with van der Waals surface area (Å²) < 4.78 is 1.49. The summed E-state index contributed by atoms with van der Waals surface area (Å²) in [5, 5.41) is 28.4. The summed E-state index contributed by atoms with van der Waals surface area (Å²) in [5.74, 6) is 1.22. The van der Waals surface area contributed by atoms with Crippen LogP contribution in [-0.4, -0.2) is 20.7 Å². The SMILES string of the molecule is C#CCn1c(O)c(N=NC(=O)c2cc(Cl)ccc2O)c2ccccc21. The van der Waals surface area contributed by atoms with Gasteiger partial charge in [-0.05, 0) is 24.3 Å². The summed E-state index contributed by atoms with van der Waals surface area (Å²) in [6.07, 6.45) is 5.33. The number of phenols is 1. The predicted octanol–water partition coefficient (Wildman–Crippen LogP) is 4.26. The molecule has 0 unspecified atom stereocenters. The Bertz CT molecular complexity index is 1050. The molecule has 1 amide bonds. The summed E-state index contributed by atoms with van der Waals surface area (Å²) in [6.45, 7) is 0.144. The lowest BCUT2D eigenvalue weighted by Crippen LogP contribution is -1.94. The summed E-state index contributed by atoms with van der Waals surface area (Å²) >= 11 is 5.82. The molecule has 2 aromatic carbocycles. The van der Waals surface area contributed by atoms with E-state index in [1.165, 1.54) is 22.8 Å². The average molecular weight is 354 g/mol. The average Bonchev–Trinajstić information content (AvgIpc) is 2.87. The van der Waals surface area contributed by atoms with E-state index in [9.17, 15) is 15.0 Å². The molecule has 2 N–H and O–H groups in total. The highest BCUT2D eigenvalue weighted by atomic mass is 35.5. The van der Waals surface area contributed by atoms with Crippen LogP contribution in [0.5, 0.6) is 11.6 Å². The maximum Gasteiger partial charge on any atom is 0.299 e. The lowest BCUT2D eigenvalue weighted by atomic mass is 10.2. The van der Waals surface area contributed by atoms with Gasteiger partial charge in [-0.3, -0.25) is 9.36 Å². The molecule has 1 aromatic heterocycles. The fourth-order valence-electron chi connectivity index (χ4n) is 2.45. The number of terminal acetylenes is 1. The molecule has 0 bridgehead atoms. The molecule has 0 radical (unpaired) electrons. The van der Waals surface area contributed by atoms with E-state index in [1.807, 2.05) is 0 Å². The van der Waals surface area contributed by atoms with E-state index in [4.69, 9.17) is 18.0 Å². The van der Waals surface area contributed by atoms with Crippen molar-refractivity contribution in [3.8, 4) is 24.0 Å². The molecule has 0 aliphatic carbocycles. The van der Waals surface area contributed by atoms with Crippen LogP contribution in [0.15, 0.2) is 52.7 Å². The molecule has 0 aliphatic heterocycles. The van der Waals surface area contributed by atoms with Gasteiger partial charge in [-0.1, -0.05) is 35.7 Å². The second kappa shape index (κ2) is 6.67. The normalized spacial score (nSPS) is 11.0. The van der Waals surface area contributed by atoms with Gasteiger partial charge in [0.05, 0.1) is 17.6 Å². The van der Waals surface area contributed by atoms with E-state index >= 15 is 0 Å². The number of nitrogens with zero attached hydrogens (tertiary/aromatic N) is 3. The number of aromatic hydroxyl groups is 2. The fraction of sp³-hybridized carbons (Fsp3) is 0.0556. The first-order valence-corrected chi connectivity index (χ1v) is 7.59. The summed E-state index contributed by atoms with van der Waals surface area (Å²) in [4.78, 5) is 12.2. The number of aromatic nitrogens is 1. The lowest BCUT2D eigenvalue weighted by Gasteiger charge is -2.00. The topological polar surface area (TPSA) is 87.2 Å². The third-order valence-corrected chi connectivity index (χ3v) is 3.83. The summed E-state index contributed by atoms with van der Waals surface area (Å²) in [6, 6.07) is 11.1. The second-order valence-electron chi connectivity index (χ2n) is 5.15. The number of phenolic OH excluding ortho intramolecular Hbond substituents is 1. The number of halogens is 1. The zero-order chi connectivity index (χ0) is 18.0. The monoisotopic (exact) mass is 353 g/mol. The number of carbonyl (C=O) groups excluding carboxylic acids is 1. The third kappa shape index (κ3) is 3.05. The molecule has 6 nitrogen and oxygen atoms in total. The zero-order valence-corrected chi connectivity index (χ0v) is 13.6. The number of fused-ring (bicyclic) bond motifs is 1. The zero-order valence-electron chi connectivity index (χ0n) is 12.8. The number of benzene rings is 2. The minimum Gasteiger partial charge on any atom is -0.507 e. The highest BCUT2D eigenvalue weighted by molar-refractivity contribution is 6.31. The maximum absolute atomic E-state index is 12.2. The minimum absolute atomic E-state index is 0.0805. The van der Waals surface area contributed by atoms with Crippen LogP contribution in [0.25, 0.3) is 10.9 Å². The van der Waals surface area contributed by atoms with Crippen LogP contribution in [0.2, 0.25) is 5.02 Å². The van der Waals surface area contributed by atoms with Gasteiger partial charge < -0.3 is 10.2 Å². The van der Waals surface area contributed by atoms with Crippen molar-refractivity contribution < 1.29 is 15.0 Å². The molecule has 3 aromatic rings. The van der Waals surface area contributed by atoms with Gasteiger partial charge in [0, 0.05) is 10.4 Å². The fourth-order valence-corrected chi connectivity index (χ4v) is 2.62. The van der Waals surface area contributed by atoms with Crippen LogP contribution in [0.4, 0.5) is 5.69 Å². The number of hydrogen-bond acceptors (Lipinski definition) is 4. The Balaban J connectivity index is 2.05. The minimum atomic E-state index is -0.784. The molecule has 0 atom stereocenters. The van der Waals surface area contributed by atoms with Crippen molar-refractivity contribution in [3.05, 3.63) is 53.1 Å². The Hall–Kier alpha value is -3.30. The quantitative estimate of drug-likeness (QED) is 0.544. The maximum atomic E-state index is 12.2. The number of amides is 1. The summed E-state index contributed by atoms with van der Waals surface area (Å²) in [5.41, 5.74) is 0.716. The van der Waals surface area contributed by atoms with E-state index in [1.54, 1.807) is 24.3 Å². The Morgan fingerprint density at radius 3 is 2.76 bits per heavy atom. The molecule has 0 saturated heterocycles. The second-order valence-corrected chi connectivity index (χ2v) is 5.58. The molecule has 0 fully saturated rings. The van der Waals surface area contributed by atoms with Crippen LogP contribution < -0.4 is 0 Å². The van der Waals surface area contributed by atoms with Crippen LogP contribution in [0, 0.1) is 12.3 Å². The predicted molar refractivity (Wildman–Crippen MR) is 94.4 cm³/mol. The number of hydrogen-bond donors (Lipinski definition) is 2. The van der Waals surface area contributed by atoms with E-state index < -0.39 is 5.91 Å². The third-order valence-electron chi connectivity index (χ3n) is 3.60. The van der Waals surface area contributed by atoms with Crippen LogP contribution >= 0.6 is 11.6 Å². The largest absolute Gasteiger partial charge is 0.507 e. The Kier molecular flexibility index (Phi) is 4.42.